The number of nitrogens with zero attached hydrogens (tertiary/aromatic N) is 6. The molecule has 0 aromatic carbocycles. The number of anilines is 1. The van der Waals surface area contributed by atoms with Gasteiger partial charge in [-0.25, -0.2) is 14.5 Å². The summed E-state index contributed by atoms with van der Waals surface area (Å²) in [5, 5.41) is 8.07. The van der Waals surface area contributed by atoms with E-state index >= 15 is 0 Å². The molecule has 5 rings (SSSR count). The van der Waals surface area contributed by atoms with Gasteiger partial charge in [0.15, 0.2) is 11.5 Å². The maximum absolute atomic E-state index is 5.45. The quantitative estimate of drug-likeness (QED) is 0.688. The molecule has 2 fully saturated rings. The fraction of sp³-hybridized carbons (Fsp3) is 0.526. The van der Waals surface area contributed by atoms with Crippen molar-refractivity contribution in [2.45, 2.75) is 25.3 Å². The zero-order valence-electron chi connectivity index (χ0n) is 15.3. The molecule has 1 atom stereocenters. The second kappa shape index (κ2) is 7.53. The Balaban J connectivity index is 1.33. The van der Waals surface area contributed by atoms with E-state index in [0.717, 1.165) is 63.8 Å². The van der Waals surface area contributed by atoms with Crippen molar-refractivity contribution in [3.63, 3.8) is 0 Å². The van der Waals surface area contributed by atoms with Gasteiger partial charge in [-0.1, -0.05) is 0 Å². The van der Waals surface area contributed by atoms with Gasteiger partial charge in [0, 0.05) is 37.1 Å². The van der Waals surface area contributed by atoms with E-state index in [1.54, 1.807) is 11.3 Å². The molecular weight excluding hydrogens is 360 g/mol. The van der Waals surface area contributed by atoms with Gasteiger partial charge < -0.3 is 9.64 Å². The summed E-state index contributed by atoms with van der Waals surface area (Å²) in [6.07, 6.45) is 6.33. The third kappa shape index (κ3) is 3.69. The summed E-state index contributed by atoms with van der Waals surface area (Å²) in [4.78, 5) is 14.1. The van der Waals surface area contributed by atoms with Crippen LogP contribution in [0.25, 0.3) is 5.65 Å². The van der Waals surface area contributed by atoms with Crippen LogP contribution in [0.5, 0.6) is 0 Å². The molecule has 2 aliphatic rings. The van der Waals surface area contributed by atoms with Crippen LogP contribution in [-0.4, -0.2) is 63.9 Å². The minimum atomic E-state index is 0.394. The van der Waals surface area contributed by atoms with Crippen LogP contribution in [0.1, 0.15) is 29.6 Å². The standard InChI is InChI=1S/C19H24N6OS/c1-2-15(12-23(6-1)14-18-20-5-11-27-18)19-21-17-4-3-16(13-25(17)22-19)24-7-9-26-10-8-24/h3-5,11,13,15H,1-2,6-10,12,14H2/t15-/m1/s1. The fourth-order valence-electron chi connectivity index (χ4n) is 4.00. The number of aromatic nitrogens is 4. The van der Waals surface area contributed by atoms with Crippen molar-refractivity contribution >= 4 is 22.7 Å². The van der Waals surface area contributed by atoms with Crippen molar-refractivity contribution < 1.29 is 4.74 Å². The minimum absolute atomic E-state index is 0.394. The molecule has 0 N–H and O–H groups in total. The van der Waals surface area contributed by atoms with Gasteiger partial charge in [-0.2, -0.15) is 5.10 Å². The molecule has 5 heterocycles. The minimum Gasteiger partial charge on any atom is -0.378 e. The predicted octanol–water partition coefficient (Wildman–Crippen LogP) is 2.40. The lowest BCUT2D eigenvalue weighted by atomic mass is 9.97. The van der Waals surface area contributed by atoms with Crippen LogP contribution < -0.4 is 4.90 Å². The van der Waals surface area contributed by atoms with Crippen LogP contribution in [0, 0.1) is 0 Å². The predicted molar refractivity (Wildman–Crippen MR) is 105 cm³/mol. The normalized spacial score (nSPS) is 21.8. The summed E-state index contributed by atoms with van der Waals surface area (Å²) in [5.74, 6) is 1.36. The second-order valence-corrected chi connectivity index (χ2v) is 8.24. The van der Waals surface area contributed by atoms with E-state index in [1.165, 1.54) is 17.1 Å². The van der Waals surface area contributed by atoms with E-state index in [-0.39, 0.29) is 0 Å². The highest BCUT2D eigenvalue weighted by Gasteiger charge is 2.25. The van der Waals surface area contributed by atoms with Crippen molar-refractivity contribution in [3.05, 3.63) is 40.7 Å². The van der Waals surface area contributed by atoms with Gasteiger partial charge in [0.1, 0.15) is 5.01 Å². The second-order valence-electron chi connectivity index (χ2n) is 7.26. The number of thiazole rings is 1. The van der Waals surface area contributed by atoms with Gasteiger partial charge in [0.25, 0.3) is 0 Å². The monoisotopic (exact) mass is 384 g/mol. The molecule has 3 aromatic heterocycles. The summed E-state index contributed by atoms with van der Waals surface area (Å²) in [6, 6.07) is 4.23. The Morgan fingerprint density at radius 2 is 2.11 bits per heavy atom. The lowest BCUT2D eigenvalue weighted by Crippen LogP contribution is -2.36. The molecule has 0 radical (unpaired) electrons. The molecule has 0 saturated carbocycles. The summed E-state index contributed by atoms with van der Waals surface area (Å²) in [6.45, 7) is 6.51. The highest BCUT2D eigenvalue weighted by atomic mass is 32.1. The van der Waals surface area contributed by atoms with Crippen molar-refractivity contribution in [2.75, 3.05) is 44.3 Å². The van der Waals surface area contributed by atoms with E-state index in [2.05, 4.69) is 33.1 Å². The number of hydrogen-bond donors (Lipinski definition) is 0. The Labute approximate surface area is 162 Å². The first-order valence-corrected chi connectivity index (χ1v) is 10.5. The number of fused-ring (bicyclic) bond motifs is 1. The molecule has 0 spiro atoms. The van der Waals surface area contributed by atoms with Gasteiger partial charge in [-0.15, -0.1) is 11.3 Å². The average molecular weight is 385 g/mol. The Kier molecular flexibility index (Phi) is 4.77. The molecule has 0 amide bonds. The topological polar surface area (TPSA) is 58.8 Å². The fourth-order valence-corrected chi connectivity index (χ4v) is 4.66. The largest absolute Gasteiger partial charge is 0.378 e. The summed E-state index contributed by atoms with van der Waals surface area (Å²) in [7, 11) is 0. The number of ether oxygens (including phenoxy) is 1. The molecule has 142 valence electrons. The molecule has 0 bridgehead atoms. The van der Waals surface area contributed by atoms with Gasteiger partial charge in [-0.05, 0) is 31.5 Å². The third-order valence-electron chi connectivity index (χ3n) is 5.42. The molecule has 7 nitrogen and oxygen atoms in total. The van der Waals surface area contributed by atoms with E-state index in [1.807, 2.05) is 16.1 Å². The Morgan fingerprint density at radius 3 is 2.96 bits per heavy atom. The highest BCUT2D eigenvalue weighted by molar-refractivity contribution is 7.09. The SMILES string of the molecule is c1csc(CN2CCC[C@@H](c3nc4ccc(N5CCOCC5)cn4n3)C2)n1. The molecule has 8 heteroatoms. The first-order chi connectivity index (χ1) is 13.3. The third-order valence-corrected chi connectivity index (χ3v) is 6.19. The van der Waals surface area contributed by atoms with E-state index in [0.29, 0.717) is 5.92 Å². The number of piperidine rings is 1. The maximum Gasteiger partial charge on any atom is 0.156 e. The zero-order chi connectivity index (χ0) is 18.1. The molecule has 27 heavy (non-hydrogen) atoms. The van der Waals surface area contributed by atoms with Crippen LogP contribution >= 0.6 is 11.3 Å². The van der Waals surface area contributed by atoms with Crippen LogP contribution in [0.3, 0.4) is 0 Å². The van der Waals surface area contributed by atoms with Crippen molar-refractivity contribution in [2.24, 2.45) is 0 Å². The lowest BCUT2D eigenvalue weighted by molar-refractivity contribution is 0.122. The Hall–Kier alpha value is -2.03. The zero-order valence-corrected chi connectivity index (χ0v) is 16.1. The first kappa shape index (κ1) is 17.1. The van der Waals surface area contributed by atoms with Crippen molar-refractivity contribution in [3.8, 4) is 0 Å². The molecule has 2 saturated heterocycles. The average Bonchev–Trinajstić information content (AvgIpc) is 3.38. The maximum atomic E-state index is 5.45. The number of morpholine rings is 1. The van der Waals surface area contributed by atoms with Crippen LogP contribution in [0.2, 0.25) is 0 Å². The summed E-state index contributed by atoms with van der Waals surface area (Å²) in [5.41, 5.74) is 2.12. The lowest BCUT2D eigenvalue weighted by Gasteiger charge is -2.30. The van der Waals surface area contributed by atoms with Gasteiger partial charge in [0.2, 0.25) is 0 Å². The Bertz CT molecular complexity index is 889. The number of pyridine rings is 1. The molecule has 0 aliphatic carbocycles. The van der Waals surface area contributed by atoms with Crippen molar-refractivity contribution in [1.29, 1.82) is 0 Å². The molecule has 3 aromatic rings. The van der Waals surface area contributed by atoms with Gasteiger partial charge in [0.05, 0.1) is 31.6 Å². The molecular formula is C19H24N6OS. The number of likely N-dealkylation sites (tertiary alicyclic amines) is 1. The highest BCUT2D eigenvalue weighted by Crippen LogP contribution is 2.27. The smallest absolute Gasteiger partial charge is 0.156 e. The summed E-state index contributed by atoms with van der Waals surface area (Å²) < 4.78 is 7.40. The molecule has 0 unspecified atom stereocenters. The van der Waals surface area contributed by atoms with E-state index in [9.17, 15) is 0 Å². The number of rotatable bonds is 4. The Morgan fingerprint density at radius 1 is 1.19 bits per heavy atom. The molecule has 2 aliphatic heterocycles. The van der Waals surface area contributed by atoms with Crippen LogP contribution in [0.4, 0.5) is 5.69 Å². The van der Waals surface area contributed by atoms with Crippen molar-refractivity contribution in [1.82, 2.24) is 24.5 Å². The van der Waals surface area contributed by atoms with E-state index in [4.69, 9.17) is 14.8 Å². The van der Waals surface area contributed by atoms with Gasteiger partial charge >= 0.3 is 0 Å². The van der Waals surface area contributed by atoms with Crippen LogP contribution in [0.15, 0.2) is 29.9 Å². The number of hydrogen-bond acceptors (Lipinski definition) is 7. The first-order valence-electron chi connectivity index (χ1n) is 9.65. The van der Waals surface area contributed by atoms with Gasteiger partial charge in [-0.3, -0.25) is 4.90 Å². The van der Waals surface area contributed by atoms with E-state index < -0.39 is 0 Å². The summed E-state index contributed by atoms with van der Waals surface area (Å²) >= 11 is 1.73. The van der Waals surface area contributed by atoms with Crippen LogP contribution in [-0.2, 0) is 11.3 Å².